The van der Waals surface area contributed by atoms with Crippen molar-refractivity contribution < 1.29 is 24.5 Å². The summed E-state index contributed by atoms with van der Waals surface area (Å²) in [5.74, 6) is -1.37. The van der Waals surface area contributed by atoms with E-state index in [1.54, 1.807) is 6.92 Å². The number of carbonyl (C=O) groups excluding carboxylic acids is 2. The monoisotopic (exact) mass is 279 g/mol. The van der Waals surface area contributed by atoms with Gasteiger partial charge in [0.15, 0.2) is 11.5 Å². The van der Waals surface area contributed by atoms with Gasteiger partial charge in [0.05, 0.1) is 18.6 Å². The van der Waals surface area contributed by atoms with Crippen LogP contribution in [0.5, 0.6) is 11.5 Å². The fourth-order valence-electron chi connectivity index (χ4n) is 1.41. The third-order valence-corrected chi connectivity index (χ3v) is 2.45. The number of hydrogen-bond donors (Lipinski definition) is 3. The summed E-state index contributed by atoms with van der Waals surface area (Å²) in [6.07, 6.45) is 1.29. The summed E-state index contributed by atoms with van der Waals surface area (Å²) in [5, 5.41) is 20.9. The van der Waals surface area contributed by atoms with Crippen LogP contribution in [0.25, 0.3) is 0 Å². The molecular weight excluding hydrogens is 262 g/mol. The van der Waals surface area contributed by atoms with Crippen molar-refractivity contribution in [1.82, 2.24) is 5.32 Å². The number of amides is 1. The van der Waals surface area contributed by atoms with E-state index in [4.69, 9.17) is 9.84 Å². The van der Waals surface area contributed by atoms with Crippen LogP contribution in [-0.2, 0) is 20.7 Å². The van der Waals surface area contributed by atoms with Crippen LogP contribution in [0.3, 0.4) is 0 Å². The van der Waals surface area contributed by atoms with E-state index in [1.807, 2.05) is 0 Å². The summed E-state index contributed by atoms with van der Waals surface area (Å²) >= 11 is 0. The normalized spacial score (nSPS) is 11.0. The number of nitrogens with one attached hydrogen (secondary N) is 1. The molecule has 1 aromatic rings. The predicted molar refractivity (Wildman–Crippen MR) is 72.0 cm³/mol. The zero-order chi connectivity index (χ0) is 15.1. The highest BCUT2D eigenvalue weighted by Crippen LogP contribution is 2.24. The smallest absolute Gasteiger partial charge is 0.335 e. The Morgan fingerprint density at radius 2 is 2.00 bits per heavy atom. The van der Waals surface area contributed by atoms with Crippen LogP contribution in [0.4, 0.5) is 0 Å². The second-order valence-corrected chi connectivity index (χ2v) is 4.12. The minimum Gasteiger partial charge on any atom is -0.504 e. The molecule has 0 aliphatic carbocycles. The molecule has 6 heteroatoms. The molecule has 0 radical (unpaired) electrons. The first kappa shape index (κ1) is 15.6. The van der Waals surface area contributed by atoms with Crippen molar-refractivity contribution in [2.75, 3.05) is 6.61 Å². The Balaban J connectivity index is 2.57. The summed E-state index contributed by atoms with van der Waals surface area (Å²) in [6, 6.07) is 4.13. The maximum atomic E-state index is 11.6. The first-order chi connectivity index (χ1) is 9.43. The number of benzene rings is 1. The molecule has 0 atom stereocenters. The van der Waals surface area contributed by atoms with Crippen LogP contribution in [0, 0.1) is 0 Å². The van der Waals surface area contributed by atoms with E-state index in [1.165, 1.54) is 31.3 Å². The molecule has 0 aromatic heterocycles. The molecule has 1 amide bonds. The Hall–Kier alpha value is -2.50. The van der Waals surface area contributed by atoms with Crippen molar-refractivity contribution >= 4 is 11.9 Å². The summed E-state index contributed by atoms with van der Waals surface area (Å²) in [7, 11) is 0. The molecular formula is C14H17NO5. The molecule has 0 unspecified atom stereocenters. The van der Waals surface area contributed by atoms with E-state index in [-0.39, 0.29) is 36.0 Å². The highest BCUT2D eigenvalue weighted by Gasteiger charge is 2.07. The predicted octanol–water partition coefficient (Wildman–Crippen LogP) is 1.22. The molecule has 0 bridgehead atoms. The molecule has 0 spiro atoms. The molecule has 0 saturated heterocycles. The highest BCUT2D eigenvalue weighted by atomic mass is 16.5. The first-order valence-electron chi connectivity index (χ1n) is 6.08. The Labute approximate surface area is 116 Å². The number of phenolic OH excluding ortho intramolecular Hbond substituents is 2. The minimum atomic E-state index is -0.491. The van der Waals surface area contributed by atoms with E-state index >= 15 is 0 Å². The number of carbonyl (C=O) groups is 2. The third kappa shape index (κ3) is 4.64. The van der Waals surface area contributed by atoms with E-state index < -0.39 is 5.97 Å². The Kier molecular flexibility index (Phi) is 5.58. The molecule has 0 aliphatic heterocycles. The number of hydrogen-bond acceptors (Lipinski definition) is 5. The zero-order valence-electron chi connectivity index (χ0n) is 11.3. The third-order valence-electron chi connectivity index (χ3n) is 2.45. The Bertz CT molecular complexity index is 536. The summed E-state index contributed by atoms with van der Waals surface area (Å²) in [6.45, 7) is 3.50. The van der Waals surface area contributed by atoms with Gasteiger partial charge in [-0.05, 0) is 31.5 Å². The lowest BCUT2D eigenvalue weighted by Crippen LogP contribution is -2.21. The van der Waals surface area contributed by atoms with Gasteiger partial charge < -0.3 is 20.3 Å². The summed E-state index contributed by atoms with van der Waals surface area (Å²) in [5.41, 5.74) is 0.828. The molecule has 1 aromatic carbocycles. The van der Waals surface area contributed by atoms with Gasteiger partial charge >= 0.3 is 5.97 Å². The highest BCUT2D eigenvalue weighted by molar-refractivity contribution is 5.89. The quantitative estimate of drug-likeness (QED) is 0.428. The number of esters is 1. The molecule has 0 heterocycles. The van der Waals surface area contributed by atoms with Crippen LogP contribution in [0.1, 0.15) is 19.4 Å². The standard InChI is InChI=1S/C14H17NO5/c1-3-20-14(19)9(2)8-15-13(18)7-10-4-5-11(16)12(17)6-10/h4-6,8,16-17H,3,7H2,1-2H3,(H,15,18). The molecule has 1 rings (SSSR count). The second-order valence-electron chi connectivity index (χ2n) is 4.12. The first-order valence-corrected chi connectivity index (χ1v) is 6.08. The largest absolute Gasteiger partial charge is 0.504 e. The topological polar surface area (TPSA) is 95.9 Å². The summed E-state index contributed by atoms with van der Waals surface area (Å²) < 4.78 is 4.76. The van der Waals surface area contributed by atoms with Gasteiger partial charge in [-0.3, -0.25) is 4.79 Å². The van der Waals surface area contributed by atoms with Crippen LogP contribution in [0.2, 0.25) is 0 Å². The zero-order valence-corrected chi connectivity index (χ0v) is 11.3. The molecule has 0 fully saturated rings. The summed E-state index contributed by atoms with van der Waals surface area (Å²) in [4.78, 5) is 22.9. The van der Waals surface area contributed by atoms with Gasteiger partial charge in [-0.1, -0.05) is 6.07 Å². The Morgan fingerprint density at radius 3 is 2.60 bits per heavy atom. The second kappa shape index (κ2) is 7.18. The minimum absolute atomic E-state index is 0.0143. The van der Waals surface area contributed by atoms with Crippen LogP contribution >= 0.6 is 0 Å². The van der Waals surface area contributed by atoms with E-state index in [2.05, 4.69) is 5.32 Å². The van der Waals surface area contributed by atoms with Gasteiger partial charge in [0.2, 0.25) is 5.91 Å². The fraction of sp³-hybridized carbons (Fsp3) is 0.286. The lowest BCUT2D eigenvalue weighted by molar-refractivity contribution is -0.138. The van der Waals surface area contributed by atoms with Gasteiger partial charge in [0.25, 0.3) is 0 Å². The lowest BCUT2D eigenvalue weighted by Gasteiger charge is -2.05. The molecule has 6 nitrogen and oxygen atoms in total. The molecule has 0 aliphatic rings. The van der Waals surface area contributed by atoms with Crippen LogP contribution in [0.15, 0.2) is 30.0 Å². The van der Waals surface area contributed by atoms with Gasteiger partial charge in [-0.15, -0.1) is 0 Å². The maximum Gasteiger partial charge on any atom is 0.335 e. The lowest BCUT2D eigenvalue weighted by atomic mass is 10.1. The van der Waals surface area contributed by atoms with Crippen molar-refractivity contribution in [3.05, 3.63) is 35.5 Å². The average Bonchev–Trinajstić information content (AvgIpc) is 2.40. The van der Waals surface area contributed by atoms with E-state index in [9.17, 15) is 14.7 Å². The van der Waals surface area contributed by atoms with E-state index in [0.29, 0.717) is 5.56 Å². The fourth-order valence-corrected chi connectivity index (χ4v) is 1.41. The van der Waals surface area contributed by atoms with Crippen LogP contribution in [-0.4, -0.2) is 28.7 Å². The molecule has 108 valence electrons. The van der Waals surface area contributed by atoms with Gasteiger partial charge in [0, 0.05) is 6.20 Å². The van der Waals surface area contributed by atoms with Crippen molar-refractivity contribution in [3.8, 4) is 11.5 Å². The number of aromatic hydroxyl groups is 2. The number of rotatable bonds is 5. The van der Waals surface area contributed by atoms with Crippen LogP contribution < -0.4 is 5.32 Å². The van der Waals surface area contributed by atoms with Gasteiger partial charge in [-0.2, -0.15) is 0 Å². The maximum absolute atomic E-state index is 11.6. The van der Waals surface area contributed by atoms with Crippen molar-refractivity contribution in [2.45, 2.75) is 20.3 Å². The van der Waals surface area contributed by atoms with Crippen molar-refractivity contribution in [1.29, 1.82) is 0 Å². The van der Waals surface area contributed by atoms with Crippen molar-refractivity contribution in [2.24, 2.45) is 0 Å². The van der Waals surface area contributed by atoms with E-state index in [0.717, 1.165) is 0 Å². The molecule has 3 N–H and O–H groups in total. The SMILES string of the molecule is CCOC(=O)C(C)=CNC(=O)Cc1ccc(O)c(O)c1. The van der Waals surface area contributed by atoms with Gasteiger partial charge in [-0.25, -0.2) is 4.79 Å². The van der Waals surface area contributed by atoms with Gasteiger partial charge in [0.1, 0.15) is 0 Å². The average molecular weight is 279 g/mol. The molecule has 0 saturated carbocycles. The Morgan fingerprint density at radius 1 is 1.30 bits per heavy atom. The number of ether oxygens (including phenoxy) is 1. The number of phenols is 2. The molecule has 20 heavy (non-hydrogen) atoms. The van der Waals surface area contributed by atoms with Crippen molar-refractivity contribution in [3.63, 3.8) is 0 Å².